The van der Waals surface area contributed by atoms with Gasteiger partial charge in [-0.15, -0.1) is 0 Å². The van der Waals surface area contributed by atoms with Gasteiger partial charge in [0.2, 0.25) is 0 Å². The molecule has 22 valence electrons. The maximum atomic E-state index is 2.65. The van der Waals surface area contributed by atoms with E-state index in [4.69, 9.17) is 0 Å². The molecule has 5 heavy (non-hydrogen) atoms. The second kappa shape index (κ2) is 15.7. The van der Waals surface area contributed by atoms with Crippen molar-refractivity contribution in [2.45, 2.75) is 0 Å². The van der Waals surface area contributed by atoms with Gasteiger partial charge in [0.1, 0.15) is 0 Å². The molecule has 0 aromatic heterocycles. The molecule has 0 aliphatic heterocycles. The molecule has 0 unspecified atom stereocenters. The molecule has 0 heterocycles. The second-order valence-corrected chi connectivity index (χ2v) is 8.54. The molecular weight excluding hydrogens is 220 g/mol. The van der Waals surface area contributed by atoms with Crippen molar-refractivity contribution in [3.63, 3.8) is 0 Å². The third kappa shape index (κ3) is 18.9. The van der Waals surface area contributed by atoms with Crippen LogP contribution in [0, 0.1) is 0 Å². The van der Waals surface area contributed by atoms with Gasteiger partial charge in [-0.05, 0) is 0 Å². The molecule has 0 aliphatic rings. The standard InChI is InChI=1S/BH2.Ca.Mg.H2Se.Zn.4H/h1H2;;;1H2;;;;;/q+1;;;;;;;;/p-1. The first-order chi connectivity index (χ1) is 1.41. The maximum absolute atomic E-state index is 2.65. The Labute approximate surface area is 93.6 Å². The van der Waals surface area contributed by atoms with Crippen molar-refractivity contribution in [3.8, 4) is 0 Å². The van der Waals surface area contributed by atoms with Gasteiger partial charge in [0.25, 0.3) is 0 Å². The first-order valence-electron chi connectivity index (χ1n) is 1.02. The molecule has 5 heteroatoms. The average molecular weight is 227 g/mol. The molecule has 0 saturated carbocycles. The van der Waals surface area contributed by atoms with Crippen LogP contribution in [0.1, 0.15) is 0 Å². The minimum atomic E-state index is 0. The van der Waals surface area contributed by atoms with Crippen molar-refractivity contribution in [2.75, 3.05) is 0 Å². The predicted molar refractivity (Wildman–Crippen MR) is 32.8 cm³/mol. The van der Waals surface area contributed by atoms with E-state index in [9.17, 15) is 0 Å². The van der Waals surface area contributed by atoms with Crippen LogP contribution in [0.2, 0.25) is 0 Å². The van der Waals surface area contributed by atoms with E-state index in [1.807, 2.05) is 0 Å². The molecule has 0 aromatic rings. The van der Waals surface area contributed by atoms with Crippen LogP contribution in [0.25, 0.3) is 0 Å². The summed E-state index contributed by atoms with van der Waals surface area (Å²) in [5.41, 5.74) is 0. The van der Waals surface area contributed by atoms with E-state index in [1.165, 1.54) is 0 Å². The summed E-state index contributed by atoms with van der Waals surface area (Å²) in [6.07, 6.45) is 2.28. The molecule has 0 fully saturated rings. The summed E-state index contributed by atoms with van der Waals surface area (Å²) in [6, 6.07) is 0. The van der Waals surface area contributed by atoms with Crippen molar-refractivity contribution >= 4 is 80.8 Å². The minimum Gasteiger partial charge on any atom is 0.316 e. The van der Waals surface area contributed by atoms with Crippen LogP contribution in [-0.4, -0.2) is 80.8 Å². The SMILES string of the molecule is [BH2][Zn][SeH].[CaH2].[MgH2]. The molecular formula is H7BCaMgSeZn. The molecule has 0 atom stereocenters. The normalized spacial score (nSPS) is 1.80. The monoisotopic (exact) mass is 226 g/mol. The maximum Gasteiger partial charge on any atom is 0.316 e. The van der Waals surface area contributed by atoms with Crippen molar-refractivity contribution in [1.82, 2.24) is 0 Å². The van der Waals surface area contributed by atoms with Gasteiger partial charge in [0, 0.05) is 0 Å². The molecule has 0 nitrogen and oxygen atoms in total. The van der Waals surface area contributed by atoms with Gasteiger partial charge < -0.3 is 0 Å². The zero-order valence-corrected chi connectivity index (χ0v) is 7.00. The Morgan fingerprint density at radius 3 is 1.60 bits per heavy atom. The quantitative estimate of drug-likeness (QED) is 0.378. The van der Waals surface area contributed by atoms with Gasteiger partial charge in [0.05, 0.1) is 0 Å². The van der Waals surface area contributed by atoms with E-state index >= 15 is 0 Å². The summed E-state index contributed by atoms with van der Waals surface area (Å²) >= 11 is 2.72. The summed E-state index contributed by atoms with van der Waals surface area (Å²) in [6.45, 7) is 0. The molecule has 0 aliphatic carbocycles. The Kier molecular flexibility index (Phi) is 49.3. The van der Waals surface area contributed by atoms with E-state index < -0.39 is 0 Å². The predicted octanol–water partition coefficient (Wildman–Crippen LogP) is -3.40. The molecule has 0 spiro atoms. The zero-order chi connectivity index (χ0) is 2.71. The zero-order valence-electron chi connectivity index (χ0n) is 2.15. The Balaban J connectivity index is -0.0000000200. The molecule has 0 rings (SSSR count). The summed E-state index contributed by atoms with van der Waals surface area (Å²) < 4.78 is 0. The van der Waals surface area contributed by atoms with Crippen LogP contribution >= 0.6 is 0 Å². The van der Waals surface area contributed by atoms with Crippen LogP contribution in [-0.2, 0) is 15.0 Å². The largest absolute Gasteiger partial charge is 0.316 e. The Bertz CT molecular complexity index is 11.6. The summed E-state index contributed by atoms with van der Waals surface area (Å²) in [5.74, 6) is 0. The number of hydrogen-bond acceptors (Lipinski definition) is 0. The fourth-order valence-corrected chi connectivity index (χ4v) is 0. The van der Waals surface area contributed by atoms with E-state index in [2.05, 4.69) is 20.0 Å². The van der Waals surface area contributed by atoms with Crippen molar-refractivity contribution in [2.24, 2.45) is 0 Å². The van der Waals surface area contributed by atoms with Crippen molar-refractivity contribution in [1.29, 1.82) is 0 Å². The summed E-state index contributed by atoms with van der Waals surface area (Å²) in [4.78, 5) is 0. The Hall–Kier alpha value is 3.23. The van der Waals surface area contributed by atoms with Gasteiger partial charge in [0.15, 0.2) is 0 Å². The fraction of sp³-hybridized carbons (Fsp3) is 0. The van der Waals surface area contributed by atoms with Crippen LogP contribution in [0.15, 0.2) is 0 Å². The first kappa shape index (κ1) is 15.7. The van der Waals surface area contributed by atoms with Gasteiger partial charge >= 0.3 is 95.8 Å². The third-order valence-corrected chi connectivity index (χ3v) is 0. The summed E-state index contributed by atoms with van der Waals surface area (Å²) in [5, 5.41) is 0. The van der Waals surface area contributed by atoms with Crippen molar-refractivity contribution < 1.29 is 15.0 Å². The molecule has 0 N–H and O–H groups in total. The average Bonchev–Trinajstić information content (AvgIpc) is 0.918. The van der Waals surface area contributed by atoms with Gasteiger partial charge in [-0.1, -0.05) is 0 Å². The smallest absolute Gasteiger partial charge is 0.316 e. The van der Waals surface area contributed by atoms with E-state index in [-0.39, 0.29) is 75.7 Å². The number of hydrogen-bond donors (Lipinski definition) is 0. The fourth-order valence-electron chi connectivity index (χ4n) is 0. The summed E-state index contributed by atoms with van der Waals surface area (Å²) in [7, 11) is 0. The van der Waals surface area contributed by atoms with Gasteiger partial charge in [-0.3, -0.25) is 0 Å². The Morgan fingerprint density at radius 2 is 1.60 bits per heavy atom. The molecule has 0 aromatic carbocycles. The molecule has 0 amide bonds. The minimum absolute atomic E-state index is 0. The molecule has 0 saturated heterocycles. The second-order valence-electron chi connectivity index (χ2n) is 0.316. The van der Waals surface area contributed by atoms with Gasteiger partial charge in [-0.25, -0.2) is 0 Å². The van der Waals surface area contributed by atoms with Gasteiger partial charge in [-0.2, -0.15) is 0 Å². The first-order valence-corrected chi connectivity index (χ1v) is 12.2. The van der Waals surface area contributed by atoms with Crippen LogP contribution in [0.4, 0.5) is 0 Å². The van der Waals surface area contributed by atoms with Crippen molar-refractivity contribution in [3.05, 3.63) is 0 Å². The van der Waals surface area contributed by atoms with Crippen LogP contribution < -0.4 is 0 Å². The number of rotatable bonds is 0. The van der Waals surface area contributed by atoms with E-state index in [1.54, 1.807) is 0 Å². The van der Waals surface area contributed by atoms with Crippen LogP contribution in [0.5, 0.6) is 0 Å². The third-order valence-electron chi connectivity index (χ3n) is 0. The van der Waals surface area contributed by atoms with E-state index in [0.717, 1.165) is 0 Å². The Morgan fingerprint density at radius 1 is 1.60 bits per heavy atom. The molecule has 0 radical (unpaired) electrons. The van der Waals surface area contributed by atoms with E-state index in [0.29, 0.717) is 0 Å². The van der Waals surface area contributed by atoms with Crippen LogP contribution in [0.3, 0.4) is 0 Å². The topological polar surface area (TPSA) is 0 Å². The molecule has 0 bridgehead atoms.